The molecule has 2 rings (SSSR count). The molecule has 0 aromatic heterocycles. The van der Waals surface area contributed by atoms with Crippen LogP contribution in [0.1, 0.15) is 82.0 Å². The first-order chi connectivity index (χ1) is 14.4. The summed E-state index contributed by atoms with van der Waals surface area (Å²) >= 11 is 0. The molecular formula is C24H34O6. The lowest BCUT2D eigenvalue weighted by Crippen LogP contribution is -2.43. The third-order valence-corrected chi connectivity index (χ3v) is 5.94. The van der Waals surface area contributed by atoms with Gasteiger partial charge in [-0.2, -0.15) is 0 Å². The van der Waals surface area contributed by atoms with E-state index in [1.165, 1.54) is 26.4 Å². The van der Waals surface area contributed by atoms with E-state index in [1.54, 1.807) is 18.2 Å². The average Bonchev–Trinajstić information content (AvgIpc) is 2.78. The SMILES string of the molecule is CCCCCCCOc1ccc(C(=O)OC2(C=O)CCC(C)(C=O)CC2)cc1OC. The molecule has 0 aliphatic heterocycles. The van der Waals surface area contributed by atoms with Crippen molar-refractivity contribution in [3.8, 4) is 11.5 Å². The Morgan fingerprint density at radius 1 is 1.00 bits per heavy atom. The molecule has 0 amide bonds. The number of ether oxygens (including phenoxy) is 3. The minimum absolute atomic E-state index is 0.298. The summed E-state index contributed by atoms with van der Waals surface area (Å²) < 4.78 is 16.8. The van der Waals surface area contributed by atoms with Gasteiger partial charge in [-0.05, 0) is 50.3 Å². The number of unbranched alkanes of at least 4 members (excludes halogenated alkanes) is 4. The maximum Gasteiger partial charge on any atom is 0.339 e. The van der Waals surface area contributed by atoms with E-state index in [0.717, 1.165) is 19.1 Å². The zero-order chi connectivity index (χ0) is 22.0. The molecule has 0 radical (unpaired) electrons. The van der Waals surface area contributed by atoms with E-state index in [2.05, 4.69) is 6.92 Å². The third-order valence-electron chi connectivity index (χ3n) is 5.94. The number of carbonyl (C=O) groups excluding carboxylic acids is 3. The van der Waals surface area contributed by atoms with Gasteiger partial charge < -0.3 is 19.0 Å². The van der Waals surface area contributed by atoms with Crippen molar-refractivity contribution in [2.24, 2.45) is 5.41 Å². The first-order valence-electron chi connectivity index (χ1n) is 10.9. The molecule has 1 fully saturated rings. The van der Waals surface area contributed by atoms with Crippen LogP contribution in [0.4, 0.5) is 0 Å². The van der Waals surface area contributed by atoms with Crippen molar-refractivity contribution < 1.29 is 28.6 Å². The van der Waals surface area contributed by atoms with Crippen LogP contribution in [0.5, 0.6) is 11.5 Å². The lowest BCUT2D eigenvalue weighted by Gasteiger charge is -2.38. The predicted molar refractivity (Wildman–Crippen MR) is 114 cm³/mol. The summed E-state index contributed by atoms with van der Waals surface area (Å²) in [6, 6.07) is 4.89. The van der Waals surface area contributed by atoms with Crippen molar-refractivity contribution in [1.29, 1.82) is 0 Å². The molecule has 1 aliphatic rings. The number of benzene rings is 1. The monoisotopic (exact) mass is 418 g/mol. The largest absolute Gasteiger partial charge is 0.493 e. The van der Waals surface area contributed by atoms with Gasteiger partial charge in [0.2, 0.25) is 0 Å². The molecular weight excluding hydrogens is 384 g/mol. The molecule has 1 aliphatic carbocycles. The van der Waals surface area contributed by atoms with Gasteiger partial charge in [0, 0.05) is 5.41 Å². The van der Waals surface area contributed by atoms with Crippen molar-refractivity contribution in [2.75, 3.05) is 13.7 Å². The van der Waals surface area contributed by atoms with Gasteiger partial charge in [-0.25, -0.2) is 4.79 Å². The van der Waals surface area contributed by atoms with Gasteiger partial charge in [-0.1, -0.05) is 39.5 Å². The van der Waals surface area contributed by atoms with Gasteiger partial charge in [0.15, 0.2) is 23.4 Å². The number of hydrogen-bond acceptors (Lipinski definition) is 6. The summed E-state index contributed by atoms with van der Waals surface area (Å²) in [7, 11) is 1.52. The molecule has 0 N–H and O–H groups in total. The molecule has 0 saturated heterocycles. The Morgan fingerprint density at radius 2 is 1.70 bits per heavy atom. The second-order valence-electron chi connectivity index (χ2n) is 8.47. The second kappa shape index (κ2) is 11.1. The Kier molecular flexibility index (Phi) is 8.88. The van der Waals surface area contributed by atoms with Crippen molar-refractivity contribution in [1.82, 2.24) is 0 Å². The van der Waals surface area contributed by atoms with Crippen LogP contribution in [0.3, 0.4) is 0 Å². The Hall–Kier alpha value is -2.37. The van der Waals surface area contributed by atoms with Crippen LogP contribution in [-0.4, -0.2) is 37.9 Å². The lowest BCUT2D eigenvalue weighted by atomic mass is 9.71. The van der Waals surface area contributed by atoms with Crippen LogP contribution in [0.15, 0.2) is 18.2 Å². The minimum atomic E-state index is -1.18. The average molecular weight is 419 g/mol. The van der Waals surface area contributed by atoms with Gasteiger partial charge in [-0.15, -0.1) is 0 Å². The van der Waals surface area contributed by atoms with Crippen LogP contribution < -0.4 is 9.47 Å². The number of aldehydes is 2. The number of hydrogen-bond donors (Lipinski definition) is 0. The number of methoxy groups -OCH3 is 1. The number of esters is 1. The molecule has 1 saturated carbocycles. The molecule has 1 aromatic rings. The topological polar surface area (TPSA) is 78.9 Å². The Bertz CT molecular complexity index is 718. The summed E-state index contributed by atoms with van der Waals surface area (Å²) in [6.45, 7) is 4.64. The van der Waals surface area contributed by atoms with Crippen molar-refractivity contribution in [3.63, 3.8) is 0 Å². The minimum Gasteiger partial charge on any atom is -0.493 e. The molecule has 1 aromatic carbocycles. The van der Waals surface area contributed by atoms with E-state index < -0.39 is 17.0 Å². The molecule has 0 heterocycles. The quantitative estimate of drug-likeness (QED) is 0.272. The van der Waals surface area contributed by atoms with E-state index in [0.29, 0.717) is 55.6 Å². The van der Waals surface area contributed by atoms with Gasteiger partial charge in [0.05, 0.1) is 19.3 Å². The molecule has 166 valence electrons. The van der Waals surface area contributed by atoms with Crippen molar-refractivity contribution in [3.05, 3.63) is 23.8 Å². The summed E-state index contributed by atoms with van der Waals surface area (Å²) in [5.41, 5.74) is -1.34. The van der Waals surface area contributed by atoms with Crippen LogP contribution in [0, 0.1) is 5.41 Å². The van der Waals surface area contributed by atoms with Crippen molar-refractivity contribution in [2.45, 2.75) is 77.2 Å². The maximum atomic E-state index is 12.7. The highest BCUT2D eigenvalue weighted by Gasteiger charge is 2.43. The maximum absolute atomic E-state index is 12.7. The summed E-state index contributed by atoms with van der Waals surface area (Å²) in [5, 5.41) is 0. The summed E-state index contributed by atoms with van der Waals surface area (Å²) in [5.74, 6) is 0.450. The molecule has 30 heavy (non-hydrogen) atoms. The lowest BCUT2D eigenvalue weighted by molar-refractivity contribution is -0.134. The Morgan fingerprint density at radius 3 is 2.30 bits per heavy atom. The zero-order valence-corrected chi connectivity index (χ0v) is 18.4. The highest BCUT2D eigenvalue weighted by molar-refractivity contribution is 5.92. The Labute approximate surface area is 179 Å². The summed E-state index contributed by atoms with van der Waals surface area (Å²) in [6.07, 6.45) is 9.05. The first-order valence-corrected chi connectivity index (χ1v) is 10.9. The van der Waals surface area contributed by atoms with E-state index in [9.17, 15) is 14.4 Å². The molecule has 0 unspecified atom stereocenters. The fourth-order valence-corrected chi connectivity index (χ4v) is 3.65. The first kappa shape index (κ1) is 23.9. The summed E-state index contributed by atoms with van der Waals surface area (Å²) in [4.78, 5) is 35.7. The standard InChI is InChI=1S/C24H34O6/c1-4-5-6-7-8-15-29-20-10-9-19(16-21(20)28-3)22(27)30-24(18-26)13-11-23(2,17-25)12-14-24/h9-10,16-18H,4-8,11-15H2,1-3H3. The number of carbonyl (C=O) groups is 3. The van der Waals surface area contributed by atoms with Crippen LogP contribution >= 0.6 is 0 Å². The normalized spacial score (nSPS) is 23.4. The fraction of sp³-hybridized carbons (Fsp3) is 0.625. The van der Waals surface area contributed by atoms with Gasteiger partial charge >= 0.3 is 5.97 Å². The van der Waals surface area contributed by atoms with E-state index in [4.69, 9.17) is 14.2 Å². The zero-order valence-electron chi connectivity index (χ0n) is 18.4. The Balaban J connectivity index is 1.98. The molecule has 0 bridgehead atoms. The molecule has 6 heteroatoms. The second-order valence-corrected chi connectivity index (χ2v) is 8.47. The van der Waals surface area contributed by atoms with Gasteiger partial charge in [-0.3, -0.25) is 4.79 Å². The van der Waals surface area contributed by atoms with Gasteiger partial charge in [0.25, 0.3) is 0 Å². The smallest absolute Gasteiger partial charge is 0.339 e. The highest BCUT2D eigenvalue weighted by Crippen LogP contribution is 2.41. The van der Waals surface area contributed by atoms with Gasteiger partial charge in [0.1, 0.15) is 6.29 Å². The van der Waals surface area contributed by atoms with E-state index in [1.807, 2.05) is 6.92 Å². The fourth-order valence-electron chi connectivity index (χ4n) is 3.65. The molecule has 0 atom stereocenters. The number of rotatable bonds is 12. The van der Waals surface area contributed by atoms with Crippen LogP contribution in [0.25, 0.3) is 0 Å². The molecule has 0 spiro atoms. The predicted octanol–water partition coefficient (Wildman–Crippen LogP) is 4.92. The van der Waals surface area contributed by atoms with E-state index >= 15 is 0 Å². The third kappa shape index (κ3) is 6.31. The van der Waals surface area contributed by atoms with Crippen LogP contribution in [0.2, 0.25) is 0 Å². The molecule has 6 nitrogen and oxygen atoms in total. The highest BCUT2D eigenvalue weighted by atomic mass is 16.6. The van der Waals surface area contributed by atoms with Crippen LogP contribution in [-0.2, 0) is 14.3 Å². The van der Waals surface area contributed by atoms with Crippen molar-refractivity contribution >= 4 is 18.5 Å². The van der Waals surface area contributed by atoms with E-state index in [-0.39, 0.29) is 0 Å².